The fourth-order valence-corrected chi connectivity index (χ4v) is 1.62. The normalized spacial score (nSPS) is 13.6. The summed E-state index contributed by atoms with van der Waals surface area (Å²) in [5.41, 5.74) is -0.158. The van der Waals surface area contributed by atoms with E-state index in [9.17, 15) is 19.8 Å². The van der Waals surface area contributed by atoms with Gasteiger partial charge in [0.15, 0.2) is 11.5 Å². The minimum absolute atomic E-state index is 0.158. The summed E-state index contributed by atoms with van der Waals surface area (Å²) in [6.45, 7) is 3.53. The van der Waals surface area contributed by atoms with Crippen LogP contribution in [0, 0.1) is 5.92 Å². The molecule has 0 spiro atoms. The highest BCUT2D eigenvalue weighted by atomic mass is 16.4. The monoisotopic (exact) mass is 267 g/mol. The minimum atomic E-state index is -1.14. The molecule has 2 atom stereocenters. The van der Waals surface area contributed by atoms with E-state index in [1.54, 1.807) is 6.92 Å². The Labute approximate surface area is 110 Å². The van der Waals surface area contributed by atoms with Crippen molar-refractivity contribution in [2.45, 2.75) is 26.3 Å². The van der Waals surface area contributed by atoms with Crippen molar-refractivity contribution < 1.29 is 24.9 Å². The maximum absolute atomic E-state index is 11.9. The molecule has 0 aromatic heterocycles. The Morgan fingerprint density at radius 3 is 2.47 bits per heavy atom. The molecule has 19 heavy (non-hydrogen) atoms. The van der Waals surface area contributed by atoms with Crippen LogP contribution in [0.4, 0.5) is 0 Å². The Hall–Kier alpha value is -2.24. The van der Waals surface area contributed by atoms with Crippen molar-refractivity contribution in [3.63, 3.8) is 0 Å². The predicted octanol–water partition coefficient (Wildman–Crippen LogP) is 1.33. The lowest BCUT2D eigenvalue weighted by atomic mass is 9.99. The number of hydrogen-bond acceptors (Lipinski definition) is 4. The summed E-state index contributed by atoms with van der Waals surface area (Å²) in [5.74, 6) is -3.11. The number of phenolic OH excluding ortho intramolecular Hbond substituents is 2. The van der Waals surface area contributed by atoms with E-state index < -0.39 is 29.4 Å². The van der Waals surface area contributed by atoms with Crippen LogP contribution < -0.4 is 5.32 Å². The molecule has 2 unspecified atom stereocenters. The van der Waals surface area contributed by atoms with Crippen molar-refractivity contribution in [3.05, 3.63) is 23.8 Å². The molecule has 4 N–H and O–H groups in total. The third kappa shape index (κ3) is 3.37. The molecule has 1 aromatic rings. The van der Waals surface area contributed by atoms with Gasteiger partial charge in [0.1, 0.15) is 6.04 Å². The highest BCUT2D eigenvalue weighted by Gasteiger charge is 2.26. The molecule has 1 aromatic carbocycles. The predicted molar refractivity (Wildman–Crippen MR) is 68.1 cm³/mol. The third-order valence-electron chi connectivity index (χ3n) is 3.02. The van der Waals surface area contributed by atoms with Gasteiger partial charge in [0.2, 0.25) is 0 Å². The number of benzene rings is 1. The van der Waals surface area contributed by atoms with Gasteiger partial charge in [0.25, 0.3) is 5.91 Å². The van der Waals surface area contributed by atoms with Gasteiger partial charge in [-0.25, -0.2) is 4.79 Å². The largest absolute Gasteiger partial charge is 0.504 e. The molecule has 0 saturated carbocycles. The van der Waals surface area contributed by atoms with E-state index in [1.807, 2.05) is 6.92 Å². The van der Waals surface area contributed by atoms with E-state index in [0.29, 0.717) is 6.42 Å². The van der Waals surface area contributed by atoms with Gasteiger partial charge in [-0.3, -0.25) is 4.79 Å². The van der Waals surface area contributed by atoms with Crippen molar-refractivity contribution >= 4 is 11.9 Å². The van der Waals surface area contributed by atoms with Gasteiger partial charge < -0.3 is 20.6 Å². The Balaban J connectivity index is 2.94. The second kappa shape index (κ2) is 6.08. The number of carbonyl (C=O) groups excluding carboxylic acids is 1. The second-order valence-corrected chi connectivity index (χ2v) is 4.35. The van der Waals surface area contributed by atoms with Crippen LogP contribution >= 0.6 is 0 Å². The summed E-state index contributed by atoms with van der Waals surface area (Å²) in [6, 6.07) is 2.89. The van der Waals surface area contributed by atoms with Crippen LogP contribution in [0.1, 0.15) is 30.6 Å². The summed E-state index contributed by atoms with van der Waals surface area (Å²) in [5, 5.41) is 30.3. The quantitative estimate of drug-likeness (QED) is 0.602. The van der Waals surface area contributed by atoms with Crippen LogP contribution in [0.3, 0.4) is 0 Å². The topological polar surface area (TPSA) is 107 Å². The number of nitrogens with one attached hydrogen (secondary N) is 1. The molecule has 0 fully saturated rings. The van der Waals surface area contributed by atoms with E-state index in [2.05, 4.69) is 5.32 Å². The van der Waals surface area contributed by atoms with Gasteiger partial charge >= 0.3 is 5.97 Å². The average Bonchev–Trinajstić information content (AvgIpc) is 2.37. The van der Waals surface area contributed by atoms with Crippen LogP contribution in [0.25, 0.3) is 0 Å². The summed E-state index contributed by atoms with van der Waals surface area (Å²) in [4.78, 5) is 23.0. The van der Waals surface area contributed by atoms with Crippen molar-refractivity contribution in [1.29, 1.82) is 0 Å². The third-order valence-corrected chi connectivity index (χ3v) is 3.02. The van der Waals surface area contributed by atoms with E-state index in [-0.39, 0.29) is 11.5 Å². The van der Waals surface area contributed by atoms with Crippen LogP contribution in [-0.2, 0) is 4.79 Å². The number of aromatic hydroxyl groups is 2. The molecule has 0 bridgehead atoms. The summed E-state index contributed by atoms with van der Waals surface area (Å²) >= 11 is 0. The molecule has 0 aliphatic heterocycles. The van der Waals surface area contributed by atoms with Gasteiger partial charge in [-0.2, -0.15) is 0 Å². The number of carboxylic acid groups (broad SMARTS) is 1. The maximum Gasteiger partial charge on any atom is 0.326 e. The van der Waals surface area contributed by atoms with Gasteiger partial charge in [-0.15, -0.1) is 0 Å². The first-order chi connectivity index (χ1) is 8.88. The SMILES string of the molecule is CCC(C)C(NC(=O)c1cccc(O)c1O)C(=O)O. The van der Waals surface area contributed by atoms with Crippen LogP contribution in [-0.4, -0.2) is 33.2 Å². The highest BCUT2D eigenvalue weighted by Crippen LogP contribution is 2.28. The molecule has 0 radical (unpaired) electrons. The van der Waals surface area contributed by atoms with Gasteiger partial charge in [0, 0.05) is 0 Å². The molecule has 0 aliphatic rings. The second-order valence-electron chi connectivity index (χ2n) is 4.35. The van der Waals surface area contributed by atoms with Crippen molar-refractivity contribution in [1.82, 2.24) is 5.32 Å². The summed E-state index contributed by atoms with van der Waals surface area (Å²) in [6.07, 6.45) is 0.587. The highest BCUT2D eigenvalue weighted by molar-refractivity contribution is 5.99. The Bertz CT molecular complexity index is 486. The lowest BCUT2D eigenvalue weighted by molar-refractivity contribution is -0.140. The van der Waals surface area contributed by atoms with Crippen LogP contribution in [0.5, 0.6) is 11.5 Å². The maximum atomic E-state index is 11.9. The van der Waals surface area contributed by atoms with Crippen LogP contribution in [0.15, 0.2) is 18.2 Å². The molecule has 1 amide bonds. The molecule has 6 nitrogen and oxygen atoms in total. The van der Waals surface area contributed by atoms with Crippen molar-refractivity contribution in [2.24, 2.45) is 5.92 Å². The first kappa shape index (κ1) is 14.8. The number of phenols is 2. The lowest BCUT2D eigenvalue weighted by Gasteiger charge is -2.20. The lowest BCUT2D eigenvalue weighted by Crippen LogP contribution is -2.45. The Morgan fingerprint density at radius 2 is 1.95 bits per heavy atom. The summed E-state index contributed by atoms with van der Waals surface area (Å²) in [7, 11) is 0. The number of para-hydroxylation sites is 1. The zero-order chi connectivity index (χ0) is 14.6. The Kier molecular flexibility index (Phi) is 4.74. The molecule has 0 aliphatic carbocycles. The molecule has 0 saturated heterocycles. The molecule has 0 heterocycles. The number of aliphatic carboxylic acids is 1. The number of carbonyl (C=O) groups is 2. The summed E-state index contributed by atoms with van der Waals surface area (Å²) < 4.78 is 0. The van der Waals surface area contributed by atoms with E-state index >= 15 is 0 Å². The molecular weight excluding hydrogens is 250 g/mol. The minimum Gasteiger partial charge on any atom is -0.504 e. The van der Waals surface area contributed by atoms with Crippen molar-refractivity contribution in [2.75, 3.05) is 0 Å². The van der Waals surface area contributed by atoms with Gasteiger partial charge in [-0.05, 0) is 18.1 Å². The molecular formula is C13H17NO5. The Morgan fingerprint density at radius 1 is 1.32 bits per heavy atom. The first-order valence-electron chi connectivity index (χ1n) is 5.93. The van der Waals surface area contributed by atoms with Crippen LogP contribution in [0.2, 0.25) is 0 Å². The van der Waals surface area contributed by atoms with Crippen molar-refractivity contribution in [3.8, 4) is 11.5 Å². The van der Waals surface area contributed by atoms with E-state index in [1.165, 1.54) is 18.2 Å². The van der Waals surface area contributed by atoms with Gasteiger partial charge in [0.05, 0.1) is 5.56 Å². The number of hydrogen-bond donors (Lipinski definition) is 4. The van der Waals surface area contributed by atoms with E-state index in [4.69, 9.17) is 5.11 Å². The average molecular weight is 267 g/mol. The van der Waals surface area contributed by atoms with Gasteiger partial charge in [-0.1, -0.05) is 26.3 Å². The molecule has 6 heteroatoms. The van der Waals surface area contributed by atoms with E-state index in [0.717, 1.165) is 0 Å². The molecule has 104 valence electrons. The number of amides is 1. The fraction of sp³-hybridized carbons (Fsp3) is 0.385. The zero-order valence-electron chi connectivity index (χ0n) is 10.8. The first-order valence-corrected chi connectivity index (χ1v) is 5.93. The zero-order valence-corrected chi connectivity index (χ0v) is 10.8. The number of rotatable bonds is 5. The standard InChI is InChI=1S/C13H17NO5/c1-3-7(2)10(13(18)19)14-12(17)8-5-4-6-9(15)11(8)16/h4-7,10,15-16H,3H2,1-2H3,(H,14,17)(H,18,19). The smallest absolute Gasteiger partial charge is 0.326 e. The number of carboxylic acids is 1. The fourth-order valence-electron chi connectivity index (χ4n) is 1.62. The molecule has 1 rings (SSSR count).